The van der Waals surface area contributed by atoms with Crippen LogP contribution in [0.1, 0.15) is 22.4 Å². The summed E-state index contributed by atoms with van der Waals surface area (Å²) in [5.41, 5.74) is 2.62. The minimum Gasteiger partial charge on any atom is -0.493 e. The summed E-state index contributed by atoms with van der Waals surface area (Å²) in [5, 5.41) is 2.00. The van der Waals surface area contributed by atoms with Crippen LogP contribution in [0.15, 0.2) is 35.7 Å². The Balaban J connectivity index is 1.16. The third-order valence-corrected chi connectivity index (χ3v) is 9.47. The van der Waals surface area contributed by atoms with Crippen LogP contribution in [0.25, 0.3) is 0 Å². The third-order valence-electron chi connectivity index (χ3n) is 6.86. The molecule has 4 heterocycles. The first-order chi connectivity index (χ1) is 15.9. The van der Waals surface area contributed by atoms with Gasteiger partial charge in [0.05, 0.1) is 31.2 Å². The van der Waals surface area contributed by atoms with Crippen molar-refractivity contribution in [2.24, 2.45) is 0 Å². The average molecular weight is 490 g/mol. The molecule has 0 bridgehead atoms. The average Bonchev–Trinajstić information content (AvgIpc) is 3.54. The molecule has 2 aromatic rings. The standard InChI is InChI=1S/C24H31N3O4S2/c28-24(27(16-22-2-1-12-32-22)21-6-13-33(29,30)18-21)17-26-9-7-25(8-10-26)15-19-3-4-23-20(14-19)5-11-31-23/h1-4,12,14,21H,5-11,13,15-18H2/t21-/m0/s1. The van der Waals surface area contributed by atoms with Gasteiger partial charge in [-0.3, -0.25) is 14.6 Å². The molecule has 1 aromatic carbocycles. The van der Waals surface area contributed by atoms with Gasteiger partial charge >= 0.3 is 0 Å². The lowest BCUT2D eigenvalue weighted by molar-refractivity contribution is -0.135. The van der Waals surface area contributed by atoms with Gasteiger partial charge in [-0.15, -0.1) is 11.3 Å². The highest BCUT2D eigenvalue weighted by Gasteiger charge is 2.35. The number of carbonyl (C=O) groups is 1. The number of nitrogens with zero attached hydrogens (tertiary/aromatic N) is 3. The first-order valence-corrected chi connectivity index (χ1v) is 14.4. The minimum atomic E-state index is -3.05. The van der Waals surface area contributed by atoms with Gasteiger partial charge in [0, 0.05) is 50.1 Å². The normalized spacial score (nSPS) is 22.7. The maximum atomic E-state index is 13.3. The summed E-state index contributed by atoms with van der Waals surface area (Å²) in [4.78, 5) is 20.8. The molecule has 2 fully saturated rings. The lowest BCUT2D eigenvalue weighted by Crippen LogP contribution is -2.51. The Kier molecular flexibility index (Phi) is 6.74. The van der Waals surface area contributed by atoms with Crippen LogP contribution in [-0.2, 0) is 34.1 Å². The van der Waals surface area contributed by atoms with E-state index >= 15 is 0 Å². The van der Waals surface area contributed by atoms with Crippen LogP contribution in [0.3, 0.4) is 0 Å². The zero-order chi connectivity index (χ0) is 22.8. The molecule has 1 atom stereocenters. The molecule has 0 N–H and O–H groups in total. The molecule has 7 nitrogen and oxygen atoms in total. The van der Waals surface area contributed by atoms with Gasteiger partial charge < -0.3 is 9.64 Å². The number of hydrogen-bond donors (Lipinski definition) is 0. The predicted molar refractivity (Wildman–Crippen MR) is 129 cm³/mol. The van der Waals surface area contributed by atoms with Gasteiger partial charge in [-0.05, 0) is 35.1 Å². The molecule has 0 aliphatic carbocycles. The van der Waals surface area contributed by atoms with E-state index in [9.17, 15) is 13.2 Å². The molecule has 3 aliphatic rings. The van der Waals surface area contributed by atoms with E-state index in [1.807, 2.05) is 22.4 Å². The van der Waals surface area contributed by atoms with Crippen molar-refractivity contribution < 1.29 is 17.9 Å². The Bertz CT molecular complexity index is 1080. The van der Waals surface area contributed by atoms with Gasteiger partial charge in [-0.2, -0.15) is 0 Å². The highest BCUT2D eigenvalue weighted by molar-refractivity contribution is 7.91. The number of fused-ring (bicyclic) bond motifs is 1. The van der Waals surface area contributed by atoms with Crippen LogP contribution in [-0.4, -0.2) is 85.9 Å². The van der Waals surface area contributed by atoms with Crippen LogP contribution in [0.4, 0.5) is 0 Å². The van der Waals surface area contributed by atoms with Gasteiger partial charge in [-0.25, -0.2) is 8.42 Å². The summed E-state index contributed by atoms with van der Waals surface area (Å²) < 4.78 is 29.7. The van der Waals surface area contributed by atoms with Crippen molar-refractivity contribution in [3.63, 3.8) is 0 Å². The quantitative estimate of drug-likeness (QED) is 0.593. The first kappa shape index (κ1) is 22.8. The monoisotopic (exact) mass is 489 g/mol. The Morgan fingerprint density at radius 2 is 1.97 bits per heavy atom. The summed E-state index contributed by atoms with van der Waals surface area (Å²) in [6, 6.07) is 10.3. The molecule has 0 spiro atoms. The number of rotatable bonds is 7. The van der Waals surface area contributed by atoms with Crippen LogP contribution in [0.2, 0.25) is 0 Å². The topological polar surface area (TPSA) is 70.2 Å². The van der Waals surface area contributed by atoms with Gasteiger partial charge in [0.15, 0.2) is 9.84 Å². The lowest BCUT2D eigenvalue weighted by Gasteiger charge is -2.36. The zero-order valence-electron chi connectivity index (χ0n) is 18.8. The largest absolute Gasteiger partial charge is 0.493 e. The van der Waals surface area contributed by atoms with Crippen molar-refractivity contribution in [2.45, 2.75) is 32.0 Å². The molecular formula is C24H31N3O4S2. The Morgan fingerprint density at radius 3 is 2.70 bits per heavy atom. The summed E-state index contributed by atoms with van der Waals surface area (Å²) in [6.45, 7) is 6.07. The van der Waals surface area contributed by atoms with Gasteiger partial charge in [0.25, 0.3) is 0 Å². The van der Waals surface area contributed by atoms with Crippen molar-refractivity contribution >= 4 is 27.1 Å². The van der Waals surface area contributed by atoms with E-state index in [4.69, 9.17) is 4.74 Å². The molecule has 178 valence electrons. The Hall–Kier alpha value is -1.94. The molecule has 0 saturated carbocycles. The van der Waals surface area contributed by atoms with Crippen molar-refractivity contribution in [3.05, 3.63) is 51.7 Å². The van der Waals surface area contributed by atoms with Crippen LogP contribution in [0.5, 0.6) is 5.75 Å². The zero-order valence-corrected chi connectivity index (χ0v) is 20.5. The molecule has 33 heavy (non-hydrogen) atoms. The fourth-order valence-corrected chi connectivity index (χ4v) is 7.43. The van der Waals surface area contributed by atoms with Gasteiger partial charge in [-0.1, -0.05) is 18.2 Å². The first-order valence-electron chi connectivity index (χ1n) is 11.7. The van der Waals surface area contributed by atoms with Gasteiger partial charge in [0.2, 0.25) is 5.91 Å². The summed E-state index contributed by atoms with van der Waals surface area (Å²) in [7, 11) is -3.05. The highest BCUT2D eigenvalue weighted by Crippen LogP contribution is 2.27. The van der Waals surface area contributed by atoms with E-state index in [0.717, 1.165) is 56.4 Å². The fourth-order valence-electron chi connectivity index (χ4n) is 5.00. The number of amides is 1. The minimum absolute atomic E-state index is 0.0394. The number of hydrogen-bond acceptors (Lipinski definition) is 7. The molecule has 9 heteroatoms. The van der Waals surface area contributed by atoms with Crippen LogP contribution >= 0.6 is 11.3 Å². The molecule has 0 unspecified atom stereocenters. The van der Waals surface area contributed by atoms with E-state index in [1.165, 1.54) is 11.1 Å². The van der Waals surface area contributed by atoms with Crippen molar-refractivity contribution in [1.82, 2.24) is 14.7 Å². The van der Waals surface area contributed by atoms with E-state index in [2.05, 4.69) is 28.0 Å². The maximum absolute atomic E-state index is 13.3. The van der Waals surface area contributed by atoms with Crippen LogP contribution in [0, 0.1) is 0 Å². The van der Waals surface area contributed by atoms with Crippen molar-refractivity contribution in [3.8, 4) is 5.75 Å². The van der Waals surface area contributed by atoms with Crippen LogP contribution < -0.4 is 4.74 Å². The number of sulfone groups is 1. The molecule has 2 saturated heterocycles. The third kappa shape index (κ3) is 5.59. The SMILES string of the molecule is O=C(CN1CCN(Cc2ccc3c(c2)CCO3)CC1)N(Cc1cccs1)[C@H]1CCS(=O)(=O)C1. The maximum Gasteiger partial charge on any atom is 0.237 e. The smallest absolute Gasteiger partial charge is 0.237 e. The highest BCUT2D eigenvalue weighted by atomic mass is 32.2. The lowest BCUT2D eigenvalue weighted by atomic mass is 10.1. The van der Waals surface area contributed by atoms with Crippen molar-refractivity contribution in [2.75, 3.05) is 50.8 Å². The number of ether oxygens (including phenoxy) is 1. The van der Waals surface area contributed by atoms with E-state index in [1.54, 1.807) is 11.3 Å². The number of benzene rings is 1. The van der Waals surface area contributed by atoms with E-state index < -0.39 is 9.84 Å². The summed E-state index contributed by atoms with van der Waals surface area (Å²) in [6.07, 6.45) is 1.53. The molecule has 5 rings (SSSR count). The second kappa shape index (κ2) is 9.74. The number of carbonyl (C=O) groups excluding carboxylic acids is 1. The molecule has 0 radical (unpaired) electrons. The molecule has 3 aliphatic heterocycles. The summed E-state index contributed by atoms with van der Waals surface area (Å²) in [5.74, 6) is 1.32. The second-order valence-electron chi connectivity index (χ2n) is 9.25. The van der Waals surface area contributed by atoms with Crippen molar-refractivity contribution in [1.29, 1.82) is 0 Å². The molecular weight excluding hydrogens is 458 g/mol. The fraction of sp³-hybridized carbons (Fsp3) is 0.542. The number of piperazine rings is 1. The van der Waals surface area contributed by atoms with E-state index in [0.29, 0.717) is 19.5 Å². The van der Waals surface area contributed by atoms with Gasteiger partial charge in [0.1, 0.15) is 5.75 Å². The molecule has 1 aromatic heterocycles. The summed E-state index contributed by atoms with van der Waals surface area (Å²) >= 11 is 1.61. The Morgan fingerprint density at radius 1 is 1.15 bits per heavy atom. The number of thiophene rings is 1. The van der Waals surface area contributed by atoms with E-state index in [-0.39, 0.29) is 23.5 Å². The second-order valence-corrected chi connectivity index (χ2v) is 12.5. The Labute approximate surface area is 199 Å². The molecule has 1 amide bonds. The predicted octanol–water partition coefficient (Wildman–Crippen LogP) is 2.02.